The van der Waals surface area contributed by atoms with Crippen molar-refractivity contribution in [1.29, 1.82) is 0 Å². The van der Waals surface area contributed by atoms with Crippen LogP contribution in [0.1, 0.15) is 24.0 Å². The third kappa shape index (κ3) is 6.88. The van der Waals surface area contributed by atoms with Crippen LogP contribution >= 0.6 is 15.9 Å². The van der Waals surface area contributed by atoms with Crippen LogP contribution in [0, 0.1) is 13.8 Å². The second-order valence-corrected chi connectivity index (χ2v) is 6.85. The number of hydrogen-bond donors (Lipinski definition) is 1. The molecular weight excluding hydrogens is 398 g/mol. The lowest BCUT2D eigenvalue weighted by molar-refractivity contribution is -0.147. The molecule has 6 heteroatoms. The first-order valence-corrected chi connectivity index (χ1v) is 9.14. The lowest BCUT2D eigenvalue weighted by Crippen LogP contribution is -2.21. The molecule has 2 aromatic carbocycles. The fraction of sp³-hybridized carbons (Fsp3) is 0.300. The SMILES string of the molecule is Cc1ccc(C)c(NC(=O)COC(=O)CCCOc2ccc(Br)cc2)c1. The molecule has 0 heterocycles. The summed E-state index contributed by atoms with van der Waals surface area (Å²) < 4.78 is 11.5. The highest BCUT2D eigenvalue weighted by Crippen LogP contribution is 2.17. The molecule has 0 aliphatic rings. The van der Waals surface area contributed by atoms with Gasteiger partial charge in [-0.1, -0.05) is 28.1 Å². The highest BCUT2D eigenvalue weighted by atomic mass is 79.9. The van der Waals surface area contributed by atoms with Gasteiger partial charge in [0.1, 0.15) is 5.75 Å². The van der Waals surface area contributed by atoms with Crippen LogP contribution in [0.25, 0.3) is 0 Å². The van der Waals surface area contributed by atoms with Crippen LogP contribution in [0.2, 0.25) is 0 Å². The van der Waals surface area contributed by atoms with E-state index in [-0.39, 0.29) is 18.9 Å². The van der Waals surface area contributed by atoms with Crippen molar-refractivity contribution in [3.05, 3.63) is 58.1 Å². The monoisotopic (exact) mass is 419 g/mol. The van der Waals surface area contributed by atoms with Gasteiger partial charge in [-0.05, 0) is 61.7 Å². The Balaban J connectivity index is 1.64. The Hall–Kier alpha value is -2.34. The number of halogens is 1. The number of anilines is 1. The van der Waals surface area contributed by atoms with Gasteiger partial charge in [-0.25, -0.2) is 0 Å². The van der Waals surface area contributed by atoms with E-state index >= 15 is 0 Å². The van der Waals surface area contributed by atoms with E-state index in [4.69, 9.17) is 9.47 Å². The quantitative estimate of drug-likeness (QED) is 0.508. The summed E-state index contributed by atoms with van der Waals surface area (Å²) in [5, 5.41) is 2.76. The first kappa shape index (κ1) is 20.0. The van der Waals surface area contributed by atoms with Gasteiger partial charge in [0.05, 0.1) is 6.61 Å². The maximum absolute atomic E-state index is 11.9. The highest BCUT2D eigenvalue weighted by molar-refractivity contribution is 9.10. The molecule has 0 saturated heterocycles. The zero-order chi connectivity index (χ0) is 18.9. The van der Waals surface area contributed by atoms with Crippen LogP contribution in [0.4, 0.5) is 5.69 Å². The van der Waals surface area contributed by atoms with Crippen LogP contribution in [-0.2, 0) is 14.3 Å². The lowest BCUT2D eigenvalue weighted by atomic mass is 10.1. The fourth-order valence-electron chi connectivity index (χ4n) is 2.21. The first-order chi connectivity index (χ1) is 12.4. The molecule has 0 spiro atoms. The van der Waals surface area contributed by atoms with Crippen molar-refractivity contribution in [2.75, 3.05) is 18.5 Å². The van der Waals surface area contributed by atoms with E-state index in [1.165, 1.54) is 0 Å². The standard InChI is InChI=1S/C20H22BrNO4/c1-14-5-6-15(2)18(12-14)22-19(23)13-26-20(24)4-3-11-25-17-9-7-16(21)8-10-17/h5-10,12H,3-4,11,13H2,1-2H3,(H,22,23). The van der Waals surface area contributed by atoms with E-state index in [0.717, 1.165) is 27.0 Å². The van der Waals surface area contributed by atoms with Crippen LogP contribution < -0.4 is 10.1 Å². The normalized spacial score (nSPS) is 10.3. The van der Waals surface area contributed by atoms with E-state index in [9.17, 15) is 9.59 Å². The van der Waals surface area contributed by atoms with Crippen LogP contribution in [-0.4, -0.2) is 25.1 Å². The van der Waals surface area contributed by atoms with Gasteiger partial charge in [-0.2, -0.15) is 0 Å². The molecule has 1 amide bonds. The third-order valence-corrected chi connectivity index (χ3v) is 4.17. The molecule has 138 valence electrons. The molecule has 0 radical (unpaired) electrons. The van der Waals surface area contributed by atoms with Crippen molar-refractivity contribution in [2.45, 2.75) is 26.7 Å². The third-order valence-electron chi connectivity index (χ3n) is 3.64. The average Bonchev–Trinajstić information content (AvgIpc) is 2.61. The number of rotatable bonds is 8. The number of carbonyl (C=O) groups is 2. The summed E-state index contributed by atoms with van der Waals surface area (Å²) in [6.45, 7) is 3.98. The Labute approximate surface area is 161 Å². The molecule has 5 nitrogen and oxygen atoms in total. The minimum Gasteiger partial charge on any atom is -0.494 e. The molecule has 2 rings (SSSR count). The molecule has 0 aliphatic heterocycles. The number of ether oxygens (including phenoxy) is 2. The summed E-state index contributed by atoms with van der Waals surface area (Å²) >= 11 is 3.35. The summed E-state index contributed by atoms with van der Waals surface area (Å²) in [5.74, 6) is -0.0202. The van der Waals surface area contributed by atoms with E-state index in [0.29, 0.717) is 13.0 Å². The number of amides is 1. The molecule has 2 aromatic rings. The van der Waals surface area contributed by atoms with Crippen LogP contribution in [0.3, 0.4) is 0 Å². The predicted octanol–water partition coefficient (Wildman–Crippen LogP) is 4.41. The van der Waals surface area contributed by atoms with Crippen molar-refractivity contribution < 1.29 is 19.1 Å². The summed E-state index contributed by atoms with van der Waals surface area (Å²) in [6, 6.07) is 13.3. The second-order valence-electron chi connectivity index (χ2n) is 5.93. The molecule has 0 aromatic heterocycles. The average molecular weight is 420 g/mol. The summed E-state index contributed by atoms with van der Waals surface area (Å²) in [6.07, 6.45) is 0.723. The Morgan fingerprint density at radius 2 is 1.81 bits per heavy atom. The highest BCUT2D eigenvalue weighted by Gasteiger charge is 2.09. The molecule has 26 heavy (non-hydrogen) atoms. The number of hydrogen-bond acceptors (Lipinski definition) is 4. The molecule has 0 aliphatic carbocycles. The van der Waals surface area contributed by atoms with E-state index < -0.39 is 5.97 Å². The zero-order valence-corrected chi connectivity index (χ0v) is 16.5. The summed E-state index contributed by atoms with van der Waals surface area (Å²) in [4.78, 5) is 23.6. The van der Waals surface area contributed by atoms with Gasteiger partial charge in [0.25, 0.3) is 5.91 Å². The second kappa shape index (κ2) is 9.97. The minimum absolute atomic E-state index is 0.202. The van der Waals surface area contributed by atoms with Crippen molar-refractivity contribution in [1.82, 2.24) is 0 Å². The van der Waals surface area contributed by atoms with Crippen molar-refractivity contribution in [3.63, 3.8) is 0 Å². The van der Waals surface area contributed by atoms with Gasteiger partial charge < -0.3 is 14.8 Å². The topological polar surface area (TPSA) is 64.6 Å². The number of carbonyl (C=O) groups excluding carboxylic acids is 2. The van der Waals surface area contributed by atoms with Crippen LogP contribution in [0.15, 0.2) is 46.9 Å². The lowest BCUT2D eigenvalue weighted by Gasteiger charge is -2.10. The molecule has 0 fully saturated rings. The van der Waals surface area contributed by atoms with E-state index in [1.807, 2.05) is 56.3 Å². The maximum atomic E-state index is 11.9. The summed E-state index contributed by atoms with van der Waals surface area (Å²) in [5.41, 5.74) is 2.74. The Kier molecular flexibility index (Phi) is 7.66. The van der Waals surface area contributed by atoms with Gasteiger partial charge in [0.15, 0.2) is 6.61 Å². The molecule has 0 saturated carbocycles. The maximum Gasteiger partial charge on any atom is 0.306 e. The van der Waals surface area contributed by atoms with E-state index in [2.05, 4.69) is 21.2 Å². The van der Waals surface area contributed by atoms with Crippen molar-refractivity contribution in [3.8, 4) is 5.75 Å². The van der Waals surface area contributed by atoms with Crippen molar-refractivity contribution >= 4 is 33.5 Å². The molecule has 0 unspecified atom stereocenters. The number of aryl methyl sites for hydroxylation is 2. The molecular formula is C20H22BrNO4. The van der Waals surface area contributed by atoms with Gasteiger partial charge in [0, 0.05) is 16.6 Å². The van der Waals surface area contributed by atoms with E-state index in [1.54, 1.807) is 0 Å². The fourth-order valence-corrected chi connectivity index (χ4v) is 2.48. The van der Waals surface area contributed by atoms with Gasteiger partial charge in [-0.3, -0.25) is 9.59 Å². The zero-order valence-electron chi connectivity index (χ0n) is 14.9. The molecule has 0 atom stereocenters. The minimum atomic E-state index is -0.416. The van der Waals surface area contributed by atoms with Gasteiger partial charge in [0.2, 0.25) is 0 Å². The smallest absolute Gasteiger partial charge is 0.306 e. The van der Waals surface area contributed by atoms with Gasteiger partial charge in [-0.15, -0.1) is 0 Å². The number of esters is 1. The molecule has 1 N–H and O–H groups in total. The Bertz CT molecular complexity index is 759. The number of nitrogens with one attached hydrogen (secondary N) is 1. The van der Waals surface area contributed by atoms with Gasteiger partial charge >= 0.3 is 5.97 Å². The van der Waals surface area contributed by atoms with Crippen LogP contribution in [0.5, 0.6) is 5.75 Å². The first-order valence-electron chi connectivity index (χ1n) is 8.35. The summed E-state index contributed by atoms with van der Waals surface area (Å²) in [7, 11) is 0. The number of benzene rings is 2. The Morgan fingerprint density at radius 1 is 1.08 bits per heavy atom. The Morgan fingerprint density at radius 3 is 2.54 bits per heavy atom. The largest absolute Gasteiger partial charge is 0.494 e. The predicted molar refractivity (Wildman–Crippen MR) is 104 cm³/mol. The van der Waals surface area contributed by atoms with Crippen molar-refractivity contribution in [2.24, 2.45) is 0 Å². The molecule has 0 bridgehead atoms.